The minimum absolute atomic E-state index is 0.484. The number of methoxy groups -OCH3 is 1. The highest BCUT2D eigenvalue weighted by molar-refractivity contribution is 9.10. The van der Waals surface area contributed by atoms with E-state index in [0.717, 1.165) is 22.9 Å². The van der Waals surface area contributed by atoms with Gasteiger partial charge in [-0.15, -0.1) is 0 Å². The monoisotopic (exact) mass is 285 g/mol. The third kappa shape index (κ3) is 2.04. The van der Waals surface area contributed by atoms with Crippen LogP contribution in [0.25, 0.3) is 0 Å². The number of halogens is 1. The number of carboxylic acid groups (broad SMARTS) is 1. The highest BCUT2D eigenvalue weighted by atomic mass is 79.9. The van der Waals surface area contributed by atoms with Crippen molar-refractivity contribution >= 4 is 21.9 Å². The number of pyridine rings is 1. The van der Waals surface area contributed by atoms with Crippen molar-refractivity contribution in [2.24, 2.45) is 5.41 Å². The number of carboxylic acids is 1. The van der Waals surface area contributed by atoms with E-state index < -0.39 is 11.4 Å². The SMILES string of the molecule is COc1ncc(Br)cc1CC1(C(=O)O)CC1. The third-order valence-electron chi connectivity index (χ3n) is 2.92. The zero-order valence-electron chi connectivity index (χ0n) is 8.86. The molecule has 1 aromatic heterocycles. The Bertz CT molecular complexity index is 429. The fourth-order valence-electron chi connectivity index (χ4n) is 1.76. The second kappa shape index (κ2) is 4.05. The van der Waals surface area contributed by atoms with E-state index in [1.165, 1.54) is 0 Å². The number of hydrogen-bond acceptors (Lipinski definition) is 3. The summed E-state index contributed by atoms with van der Waals surface area (Å²) >= 11 is 3.32. The lowest BCUT2D eigenvalue weighted by Gasteiger charge is -2.12. The van der Waals surface area contributed by atoms with Crippen molar-refractivity contribution in [3.63, 3.8) is 0 Å². The normalized spacial score (nSPS) is 16.9. The maximum absolute atomic E-state index is 11.1. The molecule has 16 heavy (non-hydrogen) atoms. The van der Waals surface area contributed by atoms with Gasteiger partial charge in [0, 0.05) is 16.2 Å². The molecule has 1 aliphatic rings. The molecular weight excluding hydrogens is 274 g/mol. The van der Waals surface area contributed by atoms with Gasteiger partial charge in [-0.05, 0) is 41.3 Å². The molecule has 0 unspecified atom stereocenters. The molecule has 4 nitrogen and oxygen atoms in total. The molecule has 0 amide bonds. The number of carbonyl (C=O) groups is 1. The van der Waals surface area contributed by atoms with Gasteiger partial charge in [-0.3, -0.25) is 4.79 Å². The summed E-state index contributed by atoms with van der Waals surface area (Å²) in [6.07, 6.45) is 3.59. The average molecular weight is 286 g/mol. The second-order valence-corrected chi connectivity index (χ2v) is 5.00. The van der Waals surface area contributed by atoms with Gasteiger partial charge >= 0.3 is 5.97 Å². The van der Waals surface area contributed by atoms with Crippen molar-refractivity contribution in [2.75, 3.05) is 7.11 Å². The molecule has 86 valence electrons. The van der Waals surface area contributed by atoms with Gasteiger partial charge in [0.1, 0.15) is 0 Å². The smallest absolute Gasteiger partial charge is 0.309 e. The van der Waals surface area contributed by atoms with Gasteiger partial charge in [-0.2, -0.15) is 0 Å². The lowest BCUT2D eigenvalue weighted by Crippen LogP contribution is -2.18. The summed E-state index contributed by atoms with van der Waals surface area (Å²) in [5.74, 6) is -0.217. The first-order valence-corrected chi connectivity index (χ1v) is 5.78. The molecule has 0 spiro atoms. The van der Waals surface area contributed by atoms with Crippen LogP contribution < -0.4 is 4.74 Å². The van der Waals surface area contributed by atoms with Gasteiger partial charge < -0.3 is 9.84 Å². The molecular formula is C11H12BrNO3. The van der Waals surface area contributed by atoms with Crippen molar-refractivity contribution in [1.29, 1.82) is 0 Å². The number of nitrogens with zero attached hydrogens (tertiary/aromatic N) is 1. The van der Waals surface area contributed by atoms with Crippen LogP contribution in [0.5, 0.6) is 5.88 Å². The standard InChI is InChI=1S/C11H12BrNO3/c1-16-9-7(4-8(12)6-13-9)5-11(2-3-11)10(14)15/h4,6H,2-3,5H2,1H3,(H,14,15). The number of hydrogen-bond donors (Lipinski definition) is 1. The van der Waals surface area contributed by atoms with Crippen LogP contribution in [-0.2, 0) is 11.2 Å². The van der Waals surface area contributed by atoms with E-state index in [1.807, 2.05) is 6.07 Å². The predicted molar refractivity (Wildman–Crippen MR) is 61.5 cm³/mol. The molecule has 1 N–H and O–H groups in total. The molecule has 1 saturated carbocycles. The molecule has 1 fully saturated rings. The quantitative estimate of drug-likeness (QED) is 0.922. The highest BCUT2D eigenvalue weighted by Gasteiger charge is 2.50. The molecule has 0 saturated heterocycles. The fourth-order valence-corrected chi connectivity index (χ4v) is 2.14. The summed E-state index contributed by atoms with van der Waals surface area (Å²) < 4.78 is 5.97. The fraction of sp³-hybridized carbons (Fsp3) is 0.455. The van der Waals surface area contributed by atoms with Gasteiger partial charge in [0.15, 0.2) is 0 Å². The Morgan fingerprint density at radius 2 is 2.38 bits per heavy atom. The van der Waals surface area contributed by atoms with E-state index in [2.05, 4.69) is 20.9 Å². The first kappa shape index (κ1) is 11.4. The summed E-state index contributed by atoms with van der Waals surface area (Å²) in [5.41, 5.74) is 0.257. The van der Waals surface area contributed by atoms with E-state index in [-0.39, 0.29) is 0 Å². The third-order valence-corrected chi connectivity index (χ3v) is 3.36. The van der Waals surface area contributed by atoms with E-state index in [9.17, 15) is 4.79 Å². The van der Waals surface area contributed by atoms with Crippen molar-refractivity contribution < 1.29 is 14.6 Å². The largest absolute Gasteiger partial charge is 0.481 e. The minimum atomic E-state index is -0.727. The van der Waals surface area contributed by atoms with E-state index in [1.54, 1.807) is 13.3 Å². The Labute approximate surface area is 102 Å². The zero-order valence-corrected chi connectivity index (χ0v) is 10.5. The first-order valence-electron chi connectivity index (χ1n) is 4.99. The Kier molecular flexibility index (Phi) is 2.88. The van der Waals surface area contributed by atoms with Crippen molar-refractivity contribution in [3.05, 3.63) is 22.3 Å². The Morgan fingerprint density at radius 3 is 2.88 bits per heavy atom. The lowest BCUT2D eigenvalue weighted by atomic mass is 9.97. The maximum Gasteiger partial charge on any atom is 0.309 e. The Balaban J connectivity index is 2.27. The molecule has 1 heterocycles. The van der Waals surface area contributed by atoms with Crippen LogP contribution in [0.3, 0.4) is 0 Å². The minimum Gasteiger partial charge on any atom is -0.481 e. The molecule has 0 aromatic carbocycles. The highest BCUT2D eigenvalue weighted by Crippen LogP contribution is 2.49. The molecule has 5 heteroatoms. The zero-order chi connectivity index (χ0) is 11.8. The number of rotatable bonds is 4. The van der Waals surface area contributed by atoms with E-state index in [0.29, 0.717) is 12.3 Å². The van der Waals surface area contributed by atoms with Crippen LogP contribution in [0.1, 0.15) is 18.4 Å². The van der Waals surface area contributed by atoms with Gasteiger partial charge in [0.25, 0.3) is 0 Å². The van der Waals surface area contributed by atoms with E-state index >= 15 is 0 Å². The summed E-state index contributed by atoms with van der Waals surface area (Å²) in [6.45, 7) is 0. The molecule has 0 radical (unpaired) electrons. The number of aromatic nitrogens is 1. The van der Waals surface area contributed by atoms with Crippen LogP contribution >= 0.6 is 15.9 Å². The summed E-state index contributed by atoms with van der Waals surface area (Å²) in [7, 11) is 1.54. The molecule has 2 rings (SSSR count). The number of ether oxygens (including phenoxy) is 1. The van der Waals surface area contributed by atoms with E-state index in [4.69, 9.17) is 9.84 Å². The predicted octanol–water partition coefficient (Wildman–Crippen LogP) is 2.26. The van der Waals surface area contributed by atoms with Crippen LogP contribution in [0, 0.1) is 5.41 Å². The van der Waals surface area contributed by atoms with Gasteiger partial charge in [0.2, 0.25) is 5.88 Å². The second-order valence-electron chi connectivity index (χ2n) is 4.08. The van der Waals surface area contributed by atoms with Gasteiger partial charge in [-0.25, -0.2) is 4.98 Å². The van der Waals surface area contributed by atoms with Crippen LogP contribution in [0.15, 0.2) is 16.7 Å². The lowest BCUT2D eigenvalue weighted by molar-refractivity contribution is -0.143. The van der Waals surface area contributed by atoms with Gasteiger partial charge in [0.05, 0.1) is 12.5 Å². The summed E-state index contributed by atoms with van der Waals surface area (Å²) in [6, 6.07) is 1.87. The molecule has 1 aromatic rings. The first-order chi connectivity index (χ1) is 7.57. The van der Waals surface area contributed by atoms with Crippen molar-refractivity contribution in [3.8, 4) is 5.88 Å². The topological polar surface area (TPSA) is 59.4 Å². The number of aliphatic carboxylic acids is 1. The Hall–Kier alpha value is -1.10. The maximum atomic E-state index is 11.1. The van der Waals surface area contributed by atoms with Crippen LogP contribution in [0.2, 0.25) is 0 Å². The molecule has 0 bridgehead atoms. The van der Waals surface area contributed by atoms with Gasteiger partial charge in [-0.1, -0.05) is 0 Å². The van der Waals surface area contributed by atoms with Crippen molar-refractivity contribution in [2.45, 2.75) is 19.3 Å². The molecule has 0 aliphatic heterocycles. The molecule has 0 atom stereocenters. The van der Waals surface area contributed by atoms with Crippen LogP contribution in [-0.4, -0.2) is 23.2 Å². The Morgan fingerprint density at radius 1 is 1.69 bits per heavy atom. The molecule has 1 aliphatic carbocycles. The summed E-state index contributed by atoms with van der Waals surface area (Å²) in [4.78, 5) is 15.2. The van der Waals surface area contributed by atoms with Crippen molar-refractivity contribution in [1.82, 2.24) is 4.98 Å². The average Bonchev–Trinajstić information content (AvgIpc) is 2.99. The summed E-state index contributed by atoms with van der Waals surface area (Å²) in [5, 5.41) is 9.13. The van der Waals surface area contributed by atoms with Crippen LogP contribution in [0.4, 0.5) is 0 Å².